The summed E-state index contributed by atoms with van der Waals surface area (Å²) in [6.45, 7) is 8.30. The Bertz CT molecular complexity index is 905. The molecule has 7 heteroatoms. The van der Waals surface area contributed by atoms with Gasteiger partial charge in [-0.2, -0.15) is 5.10 Å². The molecule has 2 atom stereocenters. The van der Waals surface area contributed by atoms with E-state index in [2.05, 4.69) is 63.9 Å². The summed E-state index contributed by atoms with van der Waals surface area (Å²) in [7, 11) is 2.11. The second-order valence-electron chi connectivity index (χ2n) is 8.30. The number of nitrogens with one attached hydrogen (secondary N) is 3. The van der Waals surface area contributed by atoms with Gasteiger partial charge in [-0.1, -0.05) is 13.0 Å². The Kier molecular flexibility index (Phi) is 5.61. The van der Waals surface area contributed by atoms with Gasteiger partial charge in [0.2, 0.25) is 5.91 Å². The van der Waals surface area contributed by atoms with Crippen LogP contribution in [0.2, 0.25) is 0 Å². The molecule has 7 nitrogen and oxygen atoms in total. The number of hydrogen-bond donors (Lipinski definition) is 3. The zero-order valence-corrected chi connectivity index (χ0v) is 17.9. The molecule has 156 valence electrons. The van der Waals surface area contributed by atoms with Gasteiger partial charge in [-0.25, -0.2) is 10.9 Å². The maximum absolute atomic E-state index is 12.9. The first-order valence-corrected chi connectivity index (χ1v) is 10.7. The molecule has 1 fully saturated rings. The Hall–Kier alpha value is -2.38. The number of aryl methyl sites for hydroxylation is 3. The largest absolute Gasteiger partial charge is 0.374 e. The minimum Gasteiger partial charge on any atom is -0.374 e. The number of carbonyl (C=O) groups is 1. The van der Waals surface area contributed by atoms with Gasteiger partial charge in [0, 0.05) is 42.8 Å². The minimum atomic E-state index is -0.276. The average Bonchev–Trinajstić information content (AvgIpc) is 3.28. The molecule has 2 aliphatic heterocycles. The summed E-state index contributed by atoms with van der Waals surface area (Å²) in [5, 5.41) is 7.77. The van der Waals surface area contributed by atoms with Crippen LogP contribution in [0.15, 0.2) is 18.2 Å². The van der Waals surface area contributed by atoms with Crippen LogP contribution in [0.4, 0.5) is 11.4 Å². The minimum absolute atomic E-state index is 0.00494. The SMILES string of the molecule is CCCn1nc(C)c(C2CC(C(=O)Nc3ccc4c(c3)N(C)CCC4)NN2)c1C. The van der Waals surface area contributed by atoms with Gasteiger partial charge in [-0.05, 0) is 57.2 Å². The molecule has 3 heterocycles. The summed E-state index contributed by atoms with van der Waals surface area (Å²) < 4.78 is 2.07. The highest BCUT2D eigenvalue weighted by atomic mass is 16.2. The molecule has 4 rings (SSSR count). The second-order valence-corrected chi connectivity index (χ2v) is 8.30. The van der Waals surface area contributed by atoms with E-state index in [1.807, 2.05) is 13.0 Å². The van der Waals surface area contributed by atoms with Gasteiger partial charge in [0.25, 0.3) is 0 Å². The van der Waals surface area contributed by atoms with Crippen molar-refractivity contribution in [1.82, 2.24) is 20.6 Å². The first-order chi connectivity index (χ1) is 14.0. The van der Waals surface area contributed by atoms with Crippen molar-refractivity contribution in [3.63, 3.8) is 0 Å². The number of carbonyl (C=O) groups excluding carboxylic acids is 1. The van der Waals surface area contributed by atoms with Crippen molar-refractivity contribution in [2.45, 2.75) is 65.1 Å². The third-order valence-electron chi connectivity index (χ3n) is 6.14. The lowest BCUT2D eigenvalue weighted by molar-refractivity contribution is -0.117. The maximum Gasteiger partial charge on any atom is 0.242 e. The monoisotopic (exact) mass is 396 g/mol. The van der Waals surface area contributed by atoms with Crippen LogP contribution in [0.1, 0.15) is 54.7 Å². The lowest BCUT2D eigenvalue weighted by Crippen LogP contribution is -2.39. The number of aromatic nitrogens is 2. The van der Waals surface area contributed by atoms with Gasteiger partial charge in [0.15, 0.2) is 0 Å². The van der Waals surface area contributed by atoms with Gasteiger partial charge < -0.3 is 10.2 Å². The number of fused-ring (bicyclic) bond motifs is 1. The molecule has 1 saturated heterocycles. The number of amides is 1. The van der Waals surface area contributed by atoms with Crippen molar-refractivity contribution in [1.29, 1.82) is 0 Å². The van der Waals surface area contributed by atoms with E-state index in [0.717, 1.165) is 37.3 Å². The molecule has 0 spiro atoms. The lowest BCUT2D eigenvalue weighted by atomic mass is 9.99. The molecule has 1 amide bonds. The van der Waals surface area contributed by atoms with Crippen molar-refractivity contribution in [3.8, 4) is 0 Å². The molecule has 2 unspecified atom stereocenters. The summed E-state index contributed by atoms with van der Waals surface area (Å²) >= 11 is 0. The molecule has 3 N–H and O–H groups in total. The van der Waals surface area contributed by atoms with Crippen LogP contribution in [0.25, 0.3) is 0 Å². The van der Waals surface area contributed by atoms with Crippen LogP contribution in [0.3, 0.4) is 0 Å². The fraction of sp³-hybridized carbons (Fsp3) is 0.545. The molecule has 1 aromatic heterocycles. The van der Waals surface area contributed by atoms with E-state index >= 15 is 0 Å². The van der Waals surface area contributed by atoms with Crippen LogP contribution >= 0.6 is 0 Å². The zero-order chi connectivity index (χ0) is 20.5. The highest BCUT2D eigenvalue weighted by Gasteiger charge is 2.33. The normalized spacial score (nSPS) is 21.3. The van der Waals surface area contributed by atoms with Gasteiger partial charge in [-0.3, -0.25) is 9.48 Å². The molecule has 29 heavy (non-hydrogen) atoms. The van der Waals surface area contributed by atoms with Crippen molar-refractivity contribution >= 4 is 17.3 Å². The summed E-state index contributed by atoms with van der Waals surface area (Å²) in [4.78, 5) is 15.1. The zero-order valence-electron chi connectivity index (χ0n) is 17.9. The molecule has 2 aromatic rings. The highest BCUT2D eigenvalue weighted by Crippen LogP contribution is 2.30. The van der Waals surface area contributed by atoms with Gasteiger partial charge in [0.05, 0.1) is 11.7 Å². The van der Waals surface area contributed by atoms with Crippen LogP contribution < -0.4 is 21.1 Å². The van der Waals surface area contributed by atoms with E-state index in [1.165, 1.54) is 28.9 Å². The summed E-state index contributed by atoms with van der Waals surface area (Å²) in [5.41, 5.74) is 13.4. The van der Waals surface area contributed by atoms with E-state index in [0.29, 0.717) is 6.42 Å². The summed E-state index contributed by atoms with van der Waals surface area (Å²) in [6.07, 6.45) is 4.05. The molecule has 1 aromatic carbocycles. The molecule has 0 aliphatic carbocycles. The van der Waals surface area contributed by atoms with E-state index < -0.39 is 0 Å². The van der Waals surface area contributed by atoms with Crippen molar-refractivity contribution in [3.05, 3.63) is 40.7 Å². The van der Waals surface area contributed by atoms with E-state index in [1.54, 1.807) is 0 Å². The topological polar surface area (TPSA) is 74.2 Å². The number of nitrogens with zero attached hydrogens (tertiary/aromatic N) is 3. The van der Waals surface area contributed by atoms with Crippen molar-refractivity contribution in [2.75, 3.05) is 23.8 Å². The first kappa shape index (κ1) is 19.9. The fourth-order valence-corrected chi connectivity index (χ4v) is 4.63. The van der Waals surface area contributed by atoms with Gasteiger partial charge >= 0.3 is 0 Å². The van der Waals surface area contributed by atoms with E-state index in [-0.39, 0.29) is 18.0 Å². The number of hydrazine groups is 1. The van der Waals surface area contributed by atoms with E-state index in [4.69, 9.17) is 0 Å². The number of rotatable bonds is 5. The van der Waals surface area contributed by atoms with Crippen LogP contribution in [-0.2, 0) is 17.8 Å². The molecule has 0 bridgehead atoms. The molecular weight excluding hydrogens is 364 g/mol. The molecular formula is C22H32N6O. The van der Waals surface area contributed by atoms with Crippen LogP contribution in [0, 0.1) is 13.8 Å². The Morgan fingerprint density at radius 1 is 1.31 bits per heavy atom. The number of benzene rings is 1. The van der Waals surface area contributed by atoms with Crippen molar-refractivity contribution in [2.24, 2.45) is 0 Å². The highest BCUT2D eigenvalue weighted by molar-refractivity contribution is 5.95. The quantitative estimate of drug-likeness (QED) is 0.725. The fourth-order valence-electron chi connectivity index (χ4n) is 4.63. The molecule has 0 saturated carbocycles. The Morgan fingerprint density at radius 2 is 2.14 bits per heavy atom. The van der Waals surface area contributed by atoms with Crippen LogP contribution in [0.5, 0.6) is 0 Å². The van der Waals surface area contributed by atoms with Gasteiger partial charge in [0.1, 0.15) is 6.04 Å². The smallest absolute Gasteiger partial charge is 0.242 e. The second kappa shape index (κ2) is 8.16. The Labute approximate surface area is 172 Å². The Balaban J connectivity index is 1.43. The predicted octanol–water partition coefficient (Wildman–Crippen LogP) is 2.84. The standard InChI is InChI=1S/C22H32N6O/c1-5-10-28-15(3)21(14(2)26-28)18-13-19(25-24-18)22(29)23-17-9-8-16-7-6-11-27(4)20(16)12-17/h8-9,12,18-19,24-25H,5-7,10-11,13H2,1-4H3,(H,23,29). The predicted molar refractivity (Wildman–Crippen MR) is 116 cm³/mol. The average molecular weight is 397 g/mol. The molecule has 0 radical (unpaired) electrons. The van der Waals surface area contributed by atoms with Crippen LogP contribution in [-0.4, -0.2) is 35.3 Å². The van der Waals surface area contributed by atoms with Gasteiger partial charge in [-0.15, -0.1) is 0 Å². The molecule has 2 aliphatic rings. The Morgan fingerprint density at radius 3 is 2.93 bits per heavy atom. The third-order valence-corrected chi connectivity index (χ3v) is 6.14. The summed E-state index contributed by atoms with van der Waals surface area (Å²) in [5.74, 6) is -0.00494. The number of hydrogen-bond acceptors (Lipinski definition) is 5. The lowest BCUT2D eigenvalue weighted by Gasteiger charge is -2.28. The maximum atomic E-state index is 12.9. The van der Waals surface area contributed by atoms with Crippen molar-refractivity contribution < 1.29 is 4.79 Å². The first-order valence-electron chi connectivity index (χ1n) is 10.7. The number of anilines is 2. The van der Waals surface area contributed by atoms with E-state index in [9.17, 15) is 4.79 Å². The third kappa shape index (κ3) is 3.89. The summed E-state index contributed by atoms with van der Waals surface area (Å²) in [6, 6.07) is 6.06.